The minimum atomic E-state index is -0.775. The summed E-state index contributed by atoms with van der Waals surface area (Å²) in [6.45, 7) is 2.57. The maximum absolute atomic E-state index is 12.1. The monoisotopic (exact) mass is 405 g/mol. The van der Waals surface area contributed by atoms with Crippen LogP contribution in [0, 0.1) is 13.8 Å². The fourth-order valence-corrected chi connectivity index (χ4v) is 3.32. The van der Waals surface area contributed by atoms with E-state index in [9.17, 15) is 19.2 Å². The van der Waals surface area contributed by atoms with E-state index in [-0.39, 0.29) is 11.3 Å². The van der Waals surface area contributed by atoms with Gasteiger partial charge < -0.3 is 19.5 Å². The molecule has 0 aliphatic heterocycles. The minimum absolute atomic E-state index is 0.242. The average Bonchev–Trinajstić information content (AvgIpc) is 2.97. The number of hydrogen-bond acceptors (Lipinski definition) is 8. The Morgan fingerprint density at radius 3 is 2.54 bits per heavy atom. The fraction of sp³-hybridized carbons (Fsp3) is 0.263. The number of para-hydroxylation sites is 1. The van der Waals surface area contributed by atoms with Gasteiger partial charge in [-0.15, -0.1) is 11.3 Å². The van der Waals surface area contributed by atoms with Gasteiger partial charge in [-0.25, -0.2) is 9.59 Å². The number of benzene rings is 1. The summed E-state index contributed by atoms with van der Waals surface area (Å²) >= 11 is 1.23. The van der Waals surface area contributed by atoms with E-state index in [0.717, 1.165) is 4.88 Å². The molecule has 28 heavy (non-hydrogen) atoms. The summed E-state index contributed by atoms with van der Waals surface area (Å²) in [5, 5.41) is 2.88. The third kappa shape index (κ3) is 5.17. The molecule has 0 spiro atoms. The molecule has 1 amide bonds. The van der Waals surface area contributed by atoms with E-state index >= 15 is 0 Å². The van der Waals surface area contributed by atoms with Crippen molar-refractivity contribution in [2.24, 2.45) is 0 Å². The van der Waals surface area contributed by atoms with Gasteiger partial charge in [0.15, 0.2) is 19.5 Å². The molecule has 1 heterocycles. The molecule has 8 nitrogen and oxygen atoms in total. The molecular formula is C19H19NO7S. The highest BCUT2D eigenvalue weighted by atomic mass is 32.1. The molecule has 0 radical (unpaired) electrons. The molecule has 0 fully saturated rings. The zero-order valence-electron chi connectivity index (χ0n) is 15.6. The van der Waals surface area contributed by atoms with E-state index in [1.807, 2.05) is 6.92 Å². The SMILES string of the molecule is COC(=O)c1c(NC(=O)COC(=O)COc2ccccc2C=O)sc(C)c1C. The van der Waals surface area contributed by atoms with Gasteiger partial charge in [-0.3, -0.25) is 9.59 Å². The van der Waals surface area contributed by atoms with Gasteiger partial charge in [0.05, 0.1) is 18.2 Å². The van der Waals surface area contributed by atoms with Gasteiger partial charge in [-0.05, 0) is 31.5 Å². The largest absolute Gasteiger partial charge is 0.481 e. The summed E-state index contributed by atoms with van der Waals surface area (Å²) in [6, 6.07) is 6.41. The van der Waals surface area contributed by atoms with Gasteiger partial charge in [-0.2, -0.15) is 0 Å². The highest BCUT2D eigenvalue weighted by Crippen LogP contribution is 2.32. The molecule has 0 unspecified atom stereocenters. The van der Waals surface area contributed by atoms with Crippen LogP contribution in [0.3, 0.4) is 0 Å². The van der Waals surface area contributed by atoms with E-state index < -0.39 is 31.1 Å². The molecule has 148 valence electrons. The van der Waals surface area contributed by atoms with Crippen LogP contribution in [0.25, 0.3) is 0 Å². The van der Waals surface area contributed by atoms with Crippen LogP contribution in [-0.4, -0.2) is 44.5 Å². The van der Waals surface area contributed by atoms with Crippen LogP contribution in [0.15, 0.2) is 24.3 Å². The first-order valence-corrected chi connectivity index (χ1v) is 8.99. The van der Waals surface area contributed by atoms with Crippen molar-refractivity contribution >= 4 is 40.5 Å². The molecule has 0 aliphatic carbocycles. The third-order valence-corrected chi connectivity index (χ3v) is 4.91. The molecule has 0 saturated carbocycles. The first-order valence-electron chi connectivity index (χ1n) is 8.18. The van der Waals surface area contributed by atoms with E-state index in [1.54, 1.807) is 31.2 Å². The van der Waals surface area contributed by atoms with Crippen LogP contribution < -0.4 is 10.1 Å². The number of hydrogen-bond donors (Lipinski definition) is 1. The zero-order valence-corrected chi connectivity index (χ0v) is 16.4. The first kappa shape index (κ1) is 21.1. The zero-order chi connectivity index (χ0) is 20.7. The van der Waals surface area contributed by atoms with Crippen LogP contribution in [0.1, 0.15) is 31.2 Å². The average molecular weight is 405 g/mol. The fourth-order valence-electron chi connectivity index (χ4n) is 2.26. The lowest BCUT2D eigenvalue weighted by Crippen LogP contribution is -2.24. The number of aldehydes is 1. The molecule has 0 aliphatic rings. The van der Waals surface area contributed by atoms with Gasteiger partial charge >= 0.3 is 11.9 Å². The molecule has 1 aromatic heterocycles. The highest BCUT2D eigenvalue weighted by Gasteiger charge is 2.22. The first-order chi connectivity index (χ1) is 13.4. The van der Waals surface area contributed by atoms with Gasteiger partial charge in [0.1, 0.15) is 10.8 Å². The Bertz CT molecular complexity index is 904. The van der Waals surface area contributed by atoms with Crippen molar-refractivity contribution in [2.75, 3.05) is 25.6 Å². The van der Waals surface area contributed by atoms with Crippen LogP contribution in [-0.2, 0) is 19.1 Å². The topological polar surface area (TPSA) is 108 Å². The number of carbonyl (C=O) groups excluding carboxylic acids is 4. The van der Waals surface area contributed by atoms with Gasteiger partial charge in [0.25, 0.3) is 5.91 Å². The number of amides is 1. The summed E-state index contributed by atoms with van der Waals surface area (Å²) in [4.78, 5) is 47.5. The predicted molar refractivity (Wildman–Crippen MR) is 102 cm³/mol. The van der Waals surface area contributed by atoms with Crippen molar-refractivity contribution in [1.82, 2.24) is 0 Å². The number of anilines is 1. The number of carbonyl (C=O) groups is 4. The Morgan fingerprint density at radius 1 is 1.14 bits per heavy atom. The summed E-state index contributed by atoms with van der Waals surface area (Å²) in [7, 11) is 1.25. The number of aryl methyl sites for hydroxylation is 1. The Kier molecular flexibility index (Phi) is 7.28. The lowest BCUT2D eigenvalue weighted by Gasteiger charge is -2.09. The lowest BCUT2D eigenvalue weighted by molar-refractivity contribution is -0.149. The molecule has 1 aromatic carbocycles. The molecule has 2 aromatic rings. The molecule has 0 bridgehead atoms. The smallest absolute Gasteiger partial charge is 0.344 e. The van der Waals surface area contributed by atoms with Gasteiger partial charge in [-0.1, -0.05) is 12.1 Å². The van der Waals surface area contributed by atoms with Crippen molar-refractivity contribution < 1.29 is 33.4 Å². The second-order valence-corrected chi connectivity index (χ2v) is 6.86. The summed E-state index contributed by atoms with van der Waals surface area (Å²) < 4.78 is 14.8. The lowest BCUT2D eigenvalue weighted by atomic mass is 10.1. The van der Waals surface area contributed by atoms with Crippen molar-refractivity contribution in [1.29, 1.82) is 0 Å². The molecule has 0 atom stereocenters. The van der Waals surface area contributed by atoms with E-state index in [1.165, 1.54) is 18.4 Å². The van der Waals surface area contributed by atoms with Crippen molar-refractivity contribution in [3.8, 4) is 5.75 Å². The third-order valence-electron chi connectivity index (χ3n) is 3.78. The van der Waals surface area contributed by atoms with Crippen molar-refractivity contribution in [3.05, 3.63) is 45.8 Å². The number of rotatable bonds is 8. The Balaban J connectivity index is 1.89. The molecular weight excluding hydrogens is 386 g/mol. The highest BCUT2D eigenvalue weighted by molar-refractivity contribution is 7.16. The van der Waals surface area contributed by atoms with Crippen molar-refractivity contribution in [2.45, 2.75) is 13.8 Å². The van der Waals surface area contributed by atoms with E-state index in [2.05, 4.69) is 5.32 Å². The molecule has 9 heteroatoms. The van der Waals surface area contributed by atoms with Crippen LogP contribution >= 0.6 is 11.3 Å². The Morgan fingerprint density at radius 2 is 1.86 bits per heavy atom. The van der Waals surface area contributed by atoms with Crippen LogP contribution in [0.2, 0.25) is 0 Å². The predicted octanol–water partition coefficient (Wildman–Crippen LogP) is 2.52. The van der Waals surface area contributed by atoms with Crippen molar-refractivity contribution in [3.63, 3.8) is 0 Å². The van der Waals surface area contributed by atoms with Gasteiger partial charge in [0.2, 0.25) is 0 Å². The van der Waals surface area contributed by atoms with Gasteiger partial charge in [0, 0.05) is 4.88 Å². The Hall–Kier alpha value is -3.20. The Labute approximate surface area is 165 Å². The number of thiophene rings is 1. The summed E-state index contributed by atoms with van der Waals surface area (Å²) in [6.07, 6.45) is 0.609. The number of ether oxygens (including phenoxy) is 3. The maximum Gasteiger partial charge on any atom is 0.344 e. The normalized spacial score (nSPS) is 10.1. The molecule has 1 N–H and O–H groups in total. The maximum atomic E-state index is 12.1. The molecule has 2 rings (SSSR count). The second-order valence-electron chi connectivity index (χ2n) is 5.63. The van der Waals surface area contributed by atoms with E-state index in [4.69, 9.17) is 14.2 Å². The quantitative estimate of drug-likeness (QED) is 0.531. The summed E-state index contributed by atoms with van der Waals surface area (Å²) in [5.41, 5.74) is 1.29. The van der Waals surface area contributed by atoms with Crippen LogP contribution in [0.4, 0.5) is 5.00 Å². The summed E-state index contributed by atoms with van der Waals surface area (Å²) in [5.74, 6) is -1.70. The van der Waals surface area contributed by atoms with E-state index in [0.29, 0.717) is 22.4 Å². The molecule has 0 saturated heterocycles. The number of nitrogens with one attached hydrogen (secondary N) is 1. The van der Waals surface area contributed by atoms with Crippen LogP contribution in [0.5, 0.6) is 5.75 Å². The standard InChI is InChI=1S/C19H19NO7S/c1-11-12(2)28-18(17(11)19(24)25-3)20-15(22)9-27-16(23)10-26-14-7-5-4-6-13(14)8-21/h4-8H,9-10H2,1-3H3,(H,20,22). The number of methoxy groups -OCH3 is 1. The second kappa shape index (κ2) is 9.65. The number of esters is 2. The minimum Gasteiger partial charge on any atom is -0.481 e.